The molecular formula is C14H21ClN2. The molecule has 1 unspecified atom stereocenters. The molecule has 0 saturated heterocycles. The molecule has 1 aromatic carbocycles. The molecule has 1 atom stereocenters. The van der Waals surface area contributed by atoms with Crippen molar-refractivity contribution in [1.29, 1.82) is 0 Å². The second-order valence-corrected chi connectivity index (χ2v) is 5.46. The number of aryl methyl sites for hydroxylation is 1. The quantitative estimate of drug-likeness (QED) is 0.814. The van der Waals surface area contributed by atoms with E-state index in [0.717, 1.165) is 29.7 Å². The van der Waals surface area contributed by atoms with Crippen molar-refractivity contribution in [2.75, 3.05) is 6.54 Å². The number of hydrogen-bond donors (Lipinski definition) is 2. The van der Waals surface area contributed by atoms with Gasteiger partial charge in [0.05, 0.1) is 0 Å². The van der Waals surface area contributed by atoms with Gasteiger partial charge >= 0.3 is 0 Å². The van der Waals surface area contributed by atoms with Crippen molar-refractivity contribution in [1.82, 2.24) is 10.6 Å². The summed E-state index contributed by atoms with van der Waals surface area (Å²) >= 11 is 6.00. The molecule has 0 radical (unpaired) electrons. The number of nitrogens with one attached hydrogen (secondary N) is 2. The summed E-state index contributed by atoms with van der Waals surface area (Å²) in [5, 5.41) is 7.90. The van der Waals surface area contributed by atoms with Crippen molar-refractivity contribution >= 4 is 11.6 Å². The summed E-state index contributed by atoms with van der Waals surface area (Å²) in [5.41, 5.74) is 2.44. The predicted molar refractivity (Wildman–Crippen MR) is 73.5 cm³/mol. The van der Waals surface area contributed by atoms with Crippen LogP contribution in [0.25, 0.3) is 0 Å². The Morgan fingerprint density at radius 2 is 2.18 bits per heavy atom. The first-order valence-electron chi connectivity index (χ1n) is 6.37. The van der Waals surface area contributed by atoms with Gasteiger partial charge in [-0.25, -0.2) is 0 Å². The second kappa shape index (κ2) is 5.85. The molecule has 2 nitrogen and oxygen atoms in total. The van der Waals surface area contributed by atoms with Crippen LogP contribution < -0.4 is 10.6 Å². The summed E-state index contributed by atoms with van der Waals surface area (Å²) in [6.45, 7) is 6.23. The van der Waals surface area contributed by atoms with Crippen molar-refractivity contribution in [2.24, 2.45) is 0 Å². The highest BCUT2D eigenvalue weighted by Gasteiger charge is 2.20. The molecule has 94 valence electrons. The maximum absolute atomic E-state index is 6.00. The van der Waals surface area contributed by atoms with Gasteiger partial charge in [0.25, 0.3) is 0 Å². The van der Waals surface area contributed by atoms with E-state index in [1.54, 1.807) is 0 Å². The van der Waals surface area contributed by atoms with Crippen molar-refractivity contribution in [2.45, 2.75) is 45.3 Å². The van der Waals surface area contributed by atoms with Gasteiger partial charge in [0.15, 0.2) is 0 Å². The Hall–Kier alpha value is -0.570. The van der Waals surface area contributed by atoms with E-state index in [0.29, 0.717) is 6.04 Å². The zero-order valence-electron chi connectivity index (χ0n) is 10.6. The average Bonchev–Trinajstić information content (AvgIpc) is 3.12. The van der Waals surface area contributed by atoms with E-state index in [4.69, 9.17) is 11.6 Å². The summed E-state index contributed by atoms with van der Waals surface area (Å²) in [6, 6.07) is 7.50. The number of hydrogen-bond acceptors (Lipinski definition) is 2. The lowest BCUT2D eigenvalue weighted by atomic mass is 10.1. The van der Waals surface area contributed by atoms with Gasteiger partial charge in [-0.15, -0.1) is 0 Å². The van der Waals surface area contributed by atoms with Crippen molar-refractivity contribution in [3.05, 3.63) is 34.3 Å². The van der Waals surface area contributed by atoms with E-state index in [2.05, 4.69) is 29.7 Å². The molecule has 0 heterocycles. The monoisotopic (exact) mass is 252 g/mol. The van der Waals surface area contributed by atoms with Gasteiger partial charge in [-0.05, 0) is 43.9 Å². The normalized spacial score (nSPS) is 17.1. The average molecular weight is 253 g/mol. The van der Waals surface area contributed by atoms with Crippen LogP contribution in [0.1, 0.15) is 30.9 Å². The third-order valence-corrected chi connectivity index (χ3v) is 3.59. The first-order chi connectivity index (χ1) is 8.15. The van der Waals surface area contributed by atoms with Gasteiger partial charge in [0.2, 0.25) is 0 Å². The summed E-state index contributed by atoms with van der Waals surface area (Å²) in [4.78, 5) is 0. The molecule has 1 saturated carbocycles. The van der Waals surface area contributed by atoms with Crippen LogP contribution in [0.4, 0.5) is 0 Å². The van der Waals surface area contributed by atoms with E-state index < -0.39 is 0 Å². The molecule has 0 aromatic heterocycles. The summed E-state index contributed by atoms with van der Waals surface area (Å²) in [7, 11) is 0. The van der Waals surface area contributed by atoms with Crippen LogP contribution in [0.2, 0.25) is 5.02 Å². The SMILES string of the molecule is Cc1cc(CNC(C)CNC2CC2)ccc1Cl. The van der Waals surface area contributed by atoms with Crippen LogP contribution in [0.3, 0.4) is 0 Å². The van der Waals surface area contributed by atoms with E-state index in [1.807, 2.05) is 13.0 Å². The van der Waals surface area contributed by atoms with E-state index in [1.165, 1.54) is 18.4 Å². The molecule has 2 rings (SSSR count). The van der Waals surface area contributed by atoms with E-state index >= 15 is 0 Å². The molecule has 1 aliphatic rings. The Kier molecular flexibility index (Phi) is 4.43. The largest absolute Gasteiger partial charge is 0.312 e. The van der Waals surface area contributed by atoms with E-state index in [9.17, 15) is 0 Å². The maximum atomic E-state index is 6.00. The van der Waals surface area contributed by atoms with Gasteiger partial charge < -0.3 is 10.6 Å². The highest BCUT2D eigenvalue weighted by atomic mass is 35.5. The smallest absolute Gasteiger partial charge is 0.0435 e. The van der Waals surface area contributed by atoms with Gasteiger partial charge in [-0.2, -0.15) is 0 Å². The van der Waals surface area contributed by atoms with Gasteiger partial charge in [0.1, 0.15) is 0 Å². The molecule has 1 aromatic rings. The molecule has 2 N–H and O–H groups in total. The van der Waals surface area contributed by atoms with Crippen molar-refractivity contribution < 1.29 is 0 Å². The second-order valence-electron chi connectivity index (χ2n) is 5.05. The molecule has 1 aliphatic carbocycles. The highest BCUT2D eigenvalue weighted by molar-refractivity contribution is 6.31. The third kappa shape index (κ3) is 4.30. The topological polar surface area (TPSA) is 24.1 Å². The molecule has 0 aliphatic heterocycles. The molecule has 0 bridgehead atoms. The van der Waals surface area contributed by atoms with Crippen LogP contribution >= 0.6 is 11.6 Å². The number of rotatable bonds is 6. The minimum atomic E-state index is 0.506. The lowest BCUT2D eigenvalue weighted by Gasteiger charge is -2.15. The Labute approximate surface area is 109 Å². The standard InChI is InChI=1S/C14H21ClN2/c1-10-7-12(3-6-14(10)15)9-16-11(2)8-17-13-4-5-13/h3,6-7,11,13,16-17H,4-5,8-9H2,1-2H3. The van der Waals surface area contributed by atoms with Crippen LogP contribution in [0.5, 0.6) is 0 Å². The lowest BCUT2D eigenvalue weighted by molar-refractivity contribution is 0.500. The third-order valence-electron chi connectivity index (χ3n) is 3.17. The predicted octanol–water partition coefficient (Wildman–Crippen LogP) is 2.88. The minimum absolute atomic E-state index is 0.506. The zero-order chi connectivity index (χ0) is 12.3. The van der Waals surface area contributed by atoms with Crippen LogP contribution in [-0.4, -0.2) is 18.6 Å². The number of benzene rings is 1. The molecule has 0 amide bonds. The Morgan fingerprint density at radius 3 is 2.82 bits per heavy atom. The molecule has 1 fully saturated rings. The maximum Gasteiger partial charge on any atom is 0.0435 e. The summed E-state index contributed by atoms with van der Waals surface area (Å²) in [5.74, 6) is 0. The molecule has 0 spiro atoms. The Bertz CT molecular complexity index is 374. The summed E-state index contributed by atoms with van der Waals surface area (Å²) in [6.07, 6.45) is 2.70. The van der Waals surface area contributed by atoms with Gasteiger partial charge in [-0.3, -0.25) is 0 Å². The van der Waals surface area contributed by atoms with Gasteiger partial charge in [-0.1, -0.05) is 23.7 Å². The fourth-order valence-corrected chi connectivity index (χ4v) is 1.93. The minimum Gasteiger partial charge on any atom is -0.312 e. The Morgan fingerprint density at radius 1 is 1.41 bits per heavy atom. The Balaban J connectivity index is 1.73. The van der Waals surface area contributed by atoms with Crippen LogP contribution in [-0.2, 0) is 6.54 Å². The molecule has 3 heteroatoms. The molecule has 17 heavy (non-hydrogen) atoms. The van der Waals surface area contributed by atoms with Crippen molar-refractivity contribution in [3.8, 4) is 0 Å². The van der Waals surface area contributed by atoms with E-state index in [-0.39, 0.29) is 0 Å². The zero-order valence-corrected chi connectivity index (χ0v) is 11.3. The van der Waals surface area contributed by atoms with Crippen LogP contribution in [0, 0.1) is 6.92 Å². The fourth-order valence-electron chi connectivity index (χ4n) is 1.81. The number of halogens is 1. The highest BCUT2D eigenvalue weighted by Crippen LogP contribution is 2.18. The first-order valence-corrected chi connectivity index (χ1v) is 6.75. The van der Waals surface area contributed by atoms with Crippen molar-refractivity contribution in [3.63, 3.8) is 0 Å². The van der Waals surface area contributed by atoms with Gasteiger partial charge in [0, 0.05) is 30.2 Å². The molecular weight excluding hydrogens is 232 g/mol. The first kappa shape index (κ1) is 12.9. The lowest BCUT2D eigenvalue weighted by Crippen LogP contribution is -2.36. The fraction of sp³-hybridized carbons (Fsp3) is 0.571. The summed E-state index contributed by atoms with van der Waals surface area (Å²) < 4.78 is 0. The van der Waals surface area contributed by atoms with Crippen LogP contribution in [0.15, 0.2) is 18.2 Å².